The minimum atomic E-state index is -0.590. The van der Waals surface area contributed by atoms with E-state index >= 15 is 0 Å². The number of rotatable bonds is 8. The van der Waals surface area contributed by atoms with E-state index in [-0.39, 0.29) is 11.9 Å². The summed E-state index contributed by atoms with van der Waals surface area (Å²) in [5, 5.41) is 2.94. The van der Waals surface area contributed by atoms with Crippen LogP contribution in [0.15, 0.2) is 42.1 Å². The van der Waals surface area contributed by atoms with Crippen LogP contribution in [0.2, 0.25) is 0 Å². The molecule has 8 heteroatoms. The molecule has 0 aromatic heterocycles. The Labute approximate surface area is 164 Å². The highest BCUT2D eigenvalue weighted by Gasteiger charge is 2.43. The summed E-state index contributed by atoms with van der Waals surface area (Å²) < 4.78 is 15.8. The van der Waals surface area contributed by atoms with Crippen molar-refractivity contribution in [2.75, 3.05) is 47.6 Å². The first kappa shape index (κ1) is 19.8. The number of benzene rings is 1. The highest BCUT2D eigenvalue weighted by Crippen LogP contribution is 2.38. The van der Waals surface area contributed by atoms with E-state index in [9.17, 15) is 9.59 Å². The summed E-state index contributed by atoms with van der Waals surface area (Å²) in [5.41, 5.74) is 1.96. The lowest BCUT2D eigenvalue weighted by Gasteiger charge is -2.33. The normalized spacial score (nSPS) is 18.9. The lowest BCUT2D eigenvalue weighted by atomic mass is 9.95. The molecule has 0 bridgehead atoms. The molecule has 8 nitrogen and oxygen atoms in total. The maximum absolute atomic E-state index is 13.1. The highest BCUT2D eigenvalue weighted by molar-refractivity contribution is 6.01. The van der Waals surface area contributed by atoms with Gasteiger partial charge < -0.3 is 24.4 Å². The van der Waals surface area contributed by atoms with Gasteiger partial charge in [0, 0.05) is 26.3 Å². The van der Waals surface area contributed by atoms with Crippen LogP contribution >= 0.6 is 0 Å². The lowest BCUT2D eigenvalue weighted by molar-refractivity contribution is -0.126. The van der Waals surface area contributed by atoms with Crippen molar-refractivity contribution < 1.29 is 23.8 Å². The predicted molar refractivity (Wildman–Crippen MR) is 103 cm³/mol. The molecule has 150 valence electrons. The molecule has 28 heavy (non-hydrogen) atoms. The molecule has 2 heterocycles. The third-order valence-corrected chi connectivity index (χ3v) is 4.88. The Morgan fingerprint density at radius 3 is 2.43 bits per heavy atom. The monoisotopic (exact) mass is 387 g/mol. The number of urea groups is 1. The number of carbonyl (C=O) groups excluding carboxylic acids is 2. The molecular formula is C20H25N3O5. The smallest absolute Gasteiger partial charge is 0.322 e. The standard InChI is InChI=1S/C20H25N3O5/c1-5-6-23-16-12-22(7-8-26-2)19(24)17(16)18(21-20(23)25)13-9-14(27-3)11-15(10-13)28-4/h5,9-11,18H,1,6-8,12H2,2-4H3,(H,21,25). The van der Waals surface area contributed by atoms with Crippen molar-refractivity contribution in [3.05, 3.63) is 47.7 Å². The first-order valence-electron chi connectivity index (χ1n) is 8.97. The van der Waals surface area contributed by atoms with Crippen LogP contribution in [0.1, 0.15) is 11.6 Å². The second-order valence-corrected chi connectivity index (χ2v) is 6.51. The van der Waals surface area contributed by atoms with Crippen molar-refractivity contribution >= 4 is 11.9 Å². The topological polar surface area (TPSA) is 80.3 Å². The molecule has 2 aliphatic heterocycles. The van der Waals surface area contributed by atoms with Crippen LogP contribution in [0.5, 0.6) is 11.5 Å². The quantitative estimate of drug-likeness (QED) is 0.687. The zero-order chi connectivity index (χ0) is 20.3. The summed E-state index contributed by atoms with van der Waals surface area (Å²) in [6.45, 7) is 5.27. The molecule has 1 N–H and O–H groups in total. The molecule has 3 rings (SSSR count). The molecule has 0 spiro atoms. The molecule has 2 aliphatic rings. The Balaban J connectivity index is 2.05. The second-order valence-electron chi connectivity index (χ2n) is 6.51. The van der Waals surface area contributed by atoms with Gasteiger partial charge in [0.2, 0.25) is 0 Å². The van der Waals surface area contributed by atoms with E-state index in [1.807, 2.05) is 0 Å². The Bertz CT molecular complexity index is 798. The van der Waals surface area contributed by atoms with Gasteiger partial charge in [-0.15, -0.1) is 6.58 Å². The van der Waals surface area contributed by atoms with Crippen molar-refractivity contribution in [2.24, 2.45) is 0 Å². The Morgan fingerprint density at radius 1 is 1.18 bits per heavy atom. The molecule has 0 radical (unpaired) electrons. The summed E-state index contributed by atoms with van der Waals surface area (Å²) >= 11 is 0. The molecule has 0 aliphatic carbocycles. The minimum absolute atomic E-state index is 0.118. The maximum atomic E-state index is 13.1. The number of amides is 3. The minimum Gasteiger partial charge on any atom is -0.497 e. The van der Waals surface area contributed by atoms with E-state index in [1.165, 1.54) is 0 Å². The SMILES string of the molecule is C=CCN1C(=O)NC(c2cc(OC)cc(OC)c2)C2=C1CN(CCOC)C2=O. The number of carbonyl (C=O) groups is 2. The van der Waals surface area contributed by atoms with Crippen LogP contribution < -0.4 is 14.8 Å². The summed E-state index contributed by atoms with van der Waals surface area (Å²) in [5.74, 6) is 1.05. The predicted octanol–water partition coefficient (Wildman–Crippen LogP) is 1.70. The molecule has 1 atom stereocenters. The fourth-order valence-electron chi connectivity index (χ4n) is 3.50. The van der Waals surface area contributed by atoms with Crippen molar-refractivity contribution in [1.82, 2.24) is 15.1 Å². The van der Waals surface area contributed by atoms with Gasteiger partial charge in [0.05, 0.1) is 44.7 Å². The van der Waals surface area contributed by atoms with Gasteiger partial charge >= 0.3 is 6.03 Å². The van der Waals surface area contributed by atoms with Gasteiger partial charge in [-0.1, -0.05) is 6.08 Å². The molecule has 0 saturated carbocycles. The Kier molecular flexibility index (Phi) is 5.89. The van der Waals surface area contributed by atoms with Crippen LogP contribution in [-0.4, -0.2) is 69.3 Å². The molecule has 1 unspecified atom stereocenters. The summed E-state index contributed by atoms with van der Waals surface area (Å²) in [7, 11) is 4.71. The zero-order valence-electron chi connectivity index (χ0n) is 16.4. The molecular weight excluding hydrogens is 362 g/mol. The first-order valence-corrected chi connectivity index (χ1v) is 8.97. The van der Waals surface area contributed by atoms with Crippen LogP contribution in [0.25, 0.3) is 0 Å². The molecule has 1 aromatic carbocycles. The third kappa shape index (κ3) is 3.55. The van der Waals surface area contributed by atoms with Crippen LogP contribution in [-0.2, 0) is 9.53 Å². The van der Waals surface area contributed by atoms with E-state index < -0.39 is 6.04 Å². The van der Waals surface area contributed by atoms with E-state index in [0.29, 0.717) is 49.0 Å². The fourth-order valence-corrected chi connectivity index (χ4v) is 3.50. The van der Waals surface area contributed by atoms with Crippen molar-refractivity contribution in [2.45, 2.75) is 6.04 Å². The summed E-state index contributed by atoms with van der Waals surface area (Å²) in [4.78, 5) is 29.1. The number of hydrogen-bond donors (Lipinski definition) is 1. The van der Waals surface area contributed by atoms with E-state index in [2.05, 4.69) is 11.9 Å². The van der Waals surface area contributed by atoms with Gasteiger partial charge in [0.25, 0.3) is 5.91 Å². The number of nitrogens with zero attached hydrogens (tertiary/aromatic N) is 2. The van der Waals surface area contributed by atoms with Gasteiger partial charge in [-0.05, 0) is 17.7 Å². The second kappa shape index (κ2) is 8.35. The van der Waals surface area contributed by atoms with Crippen molar-refractivity contribution in [1.29, 1.82) is 0 Å². The Morgan fingerprint density at radius 2 is 1.86 bits per heavy atom. The number of ether oxygens (including phenoxy) is 3. The average molecular weight is 387 g/mol. The largest absolute Gasteiger partial charge is 0.497 e. The molecule has 0 fully saturated rings. The molecule has 1 aromatic rings. The maximum Gasteiger partial charge on any atom is 0.322 e. The first-order chi connectivity index (χ1) is 13.5. The van der Waals surface area contributed by atoms with Crippen molar-refractivity contribution in [3.8, 4) is 11.5 Å². The van der Waals surface area contributed by atoms with Crippen molar-refractivity contribution in [3.63, 3.8) is 0 Å². The highest BCUT2D eigenvalue weighted by atomic mass is 16.5. The van der Waals surface area contributed by atoms with Gasteiger partial charge in [-0.3, -0.25) is 9.69 Å². The fraction of sp³-hybridized carbons (Fsp3) is 0.400. The number of methoxy groups -OCH3 is 3. The average Bonchev–Trinajstić information content (AvgIpc) is 3.04. The molecule has 3 amide bonds. The molecule has 0 saturated heterocycles. The van der Waals surface area contributed by atoms with Crippen LogP contribution in [0.3, 0.4) is 0 Å². The van der Waals surface area contributed by atoms with E-state index in [1.54, 1.807) is 55.4 Å². The van der Waals surface area contributed by atoms with Crippen LogP contribution in [0.4, 0.5) is 4.79 Å². The van der Waals surface area contributed by atoms with Gasteiger partial charge in [0.1, 0.15) is 11.5 Å². The number of hydrogen-bond acceptors (Lipinski definition) is 5. The third-order valence-electron chi connectivity index (χ3n) is 4.88. The number of nitrogens with one attached hydrogen (secondary N) is 1. The van der Waals surface area contributed by atoms with E-state index in [4.69, 9.17) is 14.2 Å². The van der Waals surface area contributed by atoms with Gasteiger partial charge in [-0.2, -0.15) is 0 Å². The summed E-state index contributed by atoms with van der Waals surface area (Å²) in [6, 6.07) is 4.48. The Hall–Kier alpha value is -3.00. The lowest BCUT2D eigenvalue weighted by Crippen LogP contribution is -2.47. The zero-order valence-corrected chi connectivity index (χ0v) is 16.4. The van der Waals surface area contributed by atoms with Gasteiger partial charge in [-0.25, -0.2) is 4.79 Å². The van der Waals surface area contributed by atoms with E-state index in [0.717, 1.165) is 5.56 Å². The van der Waals surface area contributed by atoms with Gasteiger partial charge in [0.15, 0.2) is 0 Å². The van der Waals surface area contributed by atoms with Crippen LogP contribution in [0, 0.1) is 0 Å². The summed E-state index contributed by atoms with van der Waals surface area (Å²) in [6.07, 6.45) is 1.64.